The van der Waals surface area contributed by atoms with Crippen molar-refractivity contribution in [2.45, 2.75) is 33.2 Å². The number of anilines is 2. The van der Waals surface area contributed by atoms with Gasteiger partial charge >= 0.3 is 0 Å². The second-order valence-corrected chi connectivity index (χ2v) is 5.00. The van der Waals surface area contributed by atoms with E-state index >= 15 is 0 Å². The molecule has 0 aliphatic rings. The van der Waals surface area contributed by atoms with Gasteiger partial charge < -0.3 is 16.2 Å². The molecule has 1 rings (SSSR count). The number of rotatable bonds is 4. The number of nitrogens with two attached hydrogens (primary N) is 1. The molecular formula is C11H19FN4O. The van der Waals surface area contributed by atoms with Gasteiger partial charge in [0.1, 0.15) is 0 Å². The zero-order chi connectivity index (χ0) is 13.1. The Bertz CT molecular complexity index is 378. The van der Waals surface area contributed by atoms with Crippen molar-refractivity contribution in [3.05, 3.63) is 12.0 Å². The molecule has 0 spiro atoms. The molecule has 0 amide bonds. The number of aliphatic hydroxyl groups is 1. The van der Waals surface area contributed by atoms with Crippen LogP contribution in [0.3, 0.4) is 0 Å². The van der Waals surface area contributed by atoms with E-state index < -0.39 is 5.82 Å². The molecule has 0 aliphatic heterocycles. The fraction of sp³-hybridized carbons (Fsp3) is 0.636. The van der Waals surface area contributed by atoms with E-state index in [9.17, 15) is 4.39 Å². The van der Waals surface area contributed by atoms with Crippen LogP contribution in [-0.2, 0) is 0 Å². The van der Waals surface area contributed by atoms with E-state index in [1.54, 1.807) is 0 Å². The van der Waals surface area contributed by atoms with Crippen molar-refractivity contribution in [2.24, 2.45) is 5.41 Å². The predicted octanol–water partition coefficient (Wildman–Crippen LogP) is 1.41. The number of aromatic nitrogens is 2. The summed E-state index contributed by atoms with van der Waals surface area (Å²) in [5.41, 5.74) is 5.28. The monoisotopic (exact) mass is 242 g/mol. The summed E-state index contributed by atoms with van der Waals surface area (Å²) in [5.74, 6) is -0.456. The molecule has 1 atom stereocenters. The van der Waals surface area contributed by atoms with Crippen LogP contribution in [0.4, 0.5) is 16.2 Å². The molecule has 96 valence electrons. The van der Waals surface area contributed by atoms with Gasteiger partial charge in [0.2, 0.25) is 5.95 Å². The molecule has 0 aliphatic carbocycles. The lowest BCUT2D eigenvalue weighted by atomic mass is 9.85. The number of nitrogen functional groups attached to an aromatic ring is 1. The minimum absolute atomic E-state index is 0.0190. The van der Waals surface area contributed by atoms with Gasteiger partial charge in [-0.1, -0.05) is 20.8 Å². The molecule has 0 bridgehead atoms. The molecule has 0 aromatic carbocycles. The minimum Gasteiger partial charge on any atom is -0.396 e. The summed E-state index contributed by atoms with van der Waals surface area (Å²) in [6, 6.07) is -0.101. The van der Waals surface area contributed by atoms with E-state index in [0.717, 1.165) is 6.20 Å². The van der Waals surface area contributed by atoms with Crippen LogP contribution in [0.2, 0.25) is 0 Å². The molecule has 4 N–H and O–H groups in total. The highest BCUT2D eigenvalue weighted by Gasteiger charge is 2.25. The fourth-order valence-corrected chi connectivity index (χ4v) is 1.50. The topological polar surface area (TPSA) is 84.1 Å². The van der Waals surface area contributed by atoms with Crippen LogP contribution >= 0.6 is 0 Å². The SMILES string of the molecule is CC(C)(C)C(CCO)Nc1nc(N)ncc1F. The molecule has 1 heterocycles. The lowest BCUT2D eigenvalue weighted by Gasteiger charge is -2.31. The van der Waals surface area contributed by atoms with E-state index in [-0.39, 0.29) is 29.8 Å². The van der Waals surface area contributed by atoms with E-state index in [1.807, 2.05) is 20.8 Å². The third kappa shape index (κ3) is 3.81. The first-order valence-corrected chi connectivity index (χ1v) is 5.50. The van der Waals surface area contributed by atoms with Gasteiger partial charge in [0, 0.05) is 12.6 Å². The lowest BCUT2D eigenvalue weighted by molar-refractivity contribution is 0.234. The second-order valence-electron chi connectivity index (χ2n) is 5.00. The number of nitrogens with one attached hydrogen (secondary N) is 1. The van der Waals surface area contributed by atoms with Crippen molar-refractivity contribution in [1.82, 2.24) is 9.97 Å². The zero-order valence-corrected chi connectivity index (χ0v) is 10.4. The Morgan fingerprint density at radius 2 is 2.18 bits per heavy atom. The van der Waals surface area contributed by atoms with E-state index in [1.165, 1.54) is 0 Å². The van der Waals surface area contributed by atoms with Crippen LogP contribution < -0.4 is 11.1 Å². The van der Waals surface area contributed by atoms with Crippen LogP contribution in [0.5, 0.6) is 0 Å². The van der Waals surface area contributed by atoms with E-state index in [0.29, 0.717) is 6.42 Å². The van der Waals surface area contributed by atoms with Crippen molar-refractivity contribution >= 4 is 11.8 Å². The fourth-order valence-electron chi connectivity index (χ4n) is 1.50. The maximum atomic E-state index is 13.5. The highest BCUT2D eigenvalue weighted by molar-refractivity contribution is 5.40. The van der Waals surface area contributed by atoms with Crippen molar-refractivity contribution in [3.8, 4) is 0 Å². The average Bonchev–Trinajstić information content (AvgIpc) is 2.21. The standard InChI is InChI=1S/C11H19FN4O/c1-11(2,3)8(4-5-17)15-9-7(12)6-14-10(13)16-9/h6,8,17H,4-5H2,1-3H3,(H3,13,14,15,16). The second kappa shape index (κ2) is 5.27. The minimum atomic E-state index is -0.550. The molecule has 0 saturated heterocycles. The Morgan fingerprint density at radius 3 is 2.71 bits per heavy atom. The molecule has 0 saturated carbocycles. The molecule has 1 unspecified atom stereocenters. The highest BCUT2D eigenvalue weighted by atomic mass is 19.1. The molecule has 17 heavy (non-hydrogen) atoms. The quantitative estimate of drug-likeness (QED) is 0.743. The third-order valence-corrected chi connectivity index (χ3v) is 2.54. The maximum absolute atomic E-state index is 13.5. The zero-order valence-electron chi connectivity index (χ0n) is 10.4. The summed E-state index contributed by atoms with van der Waals surface area (Å²) in [7, 11) is 0. The Hall–Kier alpha value is -1.43. The summed E-state index contributed by atoms with van der Waals surface area (Å²) in [6.07, 6.45) is 1.54. The predicted molar refractivity (Wildman–Crippen MR) is 65.0 cm³/mol. The third-order valence-electron chi connectivity index (χ3n) is 2.54. The Balaban J connectivity index is 2.89. The van der Waals surface area contributed by atoms with E-state index in [2.05, 4.69) is 15.3 Å². The highest BCUT2D eigenvalue weighted by Crippen LogP contribution is 2.25. The number of aliphatic hydroxyl groups excluding tert-OH is 1. The van der Waals surface area contributed by atoms with Crippen molar-refractivity contribution in [1.29, 1.82) is 0 Å². The number of hydrogen-bond acceptors (Lipinski definition) is 5. The summed E-state index contributed by atoms with van der Waals surface area (Å²) >= 11 is 0. The average molecular weight is 242 g/mol. The Labute approximate surface area is 100 Å². The van der Waals surface area contributed by atoms with Gasteiger partial charge in [-0.15, -0.1) is 0 Å². The van der Waals surface area contributed by atoms with Gasteiger partial charge in [0.05, 0.1) is 6.20 Å². The molecule has 6 heteroatoms. The summed E-state index contributed by atoms with van der Waals surface area (Å²) < 4.78 is 13.5. The van der Waals surface area contributed by atoms with Gasteiger partial charge in [-0.25, -0.2) is 9.37 Å². The Kier molecular flexibility index (Phi) is 4.22. The van der Waals surface area contributed by atoms with Crippen LogP contribution in [0.25, 0.3) is 0 Å². The normalized spacial score (nSPS) is 13.5. The molecular weight excluding hydrogens is 223 g/mol. The van der Waals surface area contributed by atoms with Crippen molar-refractivity contribution < 1.29 is 9.50 Å². The van der Waals surface area contributed by atoms with E-state index in [4.69, 9.17) is 10.8 Å². The first-order chi connectivity index (χ1) is 7.84. The molecule has 0 fully saturated rings. The number of nitrogens with zero attached hydrogens (tertiary/aromatic N) is 2. The Morgan fingerprint density at radius 1 is 1.53 bits per heavy atom. The first-order valence-electron chi connectivity index (χ1n) is 5.50. The van der Waals surface area contributed by atoms with Gasteiger partial charge in [0.25, 0.3) is 0 Å². The maximum Gasteiger partial charge on any atom is 0.222 e. The largest absolute Gasteiger partial charge is 0.396 e. The molecule has 5 nitrogen and oxygen atoms in total. The first kappa shape index (κ1) is 13.6. The molecule has 1 aromatic heterocycles. The van der Waals surface area contributed by atoms with Crippen molar-refractivity contribution in [3.63, 3.8) is 0 Å². The van der Waals surface area contributed by atoms with Gasteiger partial charge in [-0.05, 0) is 11.8 Å². The van der Waals surface area contributed by atoms with Crippen LogP contribution in [0.1, 0.15) is 27.2 Å². The smallest absolute Gasteiger partial charge is 0.222 e. The molecule has 1 aromatic rings. The van der Waals surface area contributed by atoms with Crippen LogP contribution in [0.15, 0.2) is 6.20 Å². The summed E-state index contributed by atoms with van der Waals surface area (Å²) in [4.78, 5) is 7.36. The van der Waals surface area contributed by atoms with Gasteiger partial charge in [-0.2, -0.15) is 4.98 Å². The summed E-state index contributed by atoms with van der Waals surface area (Å²) in [5, 5.41) is 12.0. The summed E-state index contributed by atoms with van der Waals surface area (Å²) in [6.45, 7) is 6.03. The van der Waals surface area contributed by atoms with Crippen LogP contribution in [-0.4, -0.2) is 27.7 Å². The number of halogens is 1. The van der Waals surface area contributed by atoms with Gasteiger partial charge in [-0.3, -0.25) is 0 Å². The molecule has 0 radical (unpaired) electrons. The van der Waals surface area contributed by atoms with Crippen molar-refractivity contribution in [2.75, 3.05) is 17.7 Å². The van der Waals surface area contributed by atoms with Crippen LogP contribution in [0, 0.1) is 11.2 Å². The number of hydrogen-bond donors (Lipinski definition) is 3. The lowest BCUT2D eigenvalue weighted by Crippen LogP contribution is -2.35. The van der Waals surface area contributed by atoms with Gasteiger partial charge in [0.15, 0.2) is 11.6 Å².